The van der Waals surface area contributed by atoms with Crippen LogP contribution in [0, 0.1) is 15.9 Å². The Bertz CT molecular complexity index is 1550. The lowest BCUT2D eigenvalue weighted by atomic mass is 10.1. The number of carbonyl (C=O) groups excluding carboxylic acids is 3. The number of nitrogens with zero attached hydrogens (tertiary/aromatic N) is 2. The van der Waals surface area contributed by atoms with Crippen LogP contribution in [0.3, 0.4) is 0 Å². The van der Waals surface area contributed by atoms with E-state index in [9.17, 15) is 42.1 Å². The molecule has 1 N–H and O–H groups in total. The molecule has 4 amide bonds. The number of alkyl halides is 3. The van der Waals surface area contributed by atoms with E-state index < -0.39 is 57.3 Å². The second kappa shape index (κ2) is 10.6. The molecule has 3 aromatic rings. The second-order valence-electron chi connectivity index (χ2n) is 7.79. The van der Waals surface area contributed by atoms with Crippen molar-refractivity contribution in [2.45, 2.75) is 6.18 Å². The van der Waals surface area contributed by atoms with Crippen molar-refractivity contribution >= 4 is 67.2 Å². The highest BCUT2D eigenvalue weighted by Gasteiger charge is 2.37. The third kappa shape index (κ3) is 5.83. The number of nitro benzene ring substituents is 1. The van der Waals surface area contributed by atoms with Gasteiger partial charge in [-0.3, -0.25) is 25.0 Å². The topological polar surface area (TPSA) is 119 Å². The van der Waals surface area contributed by atoms with E-state index in [1.54, 1.807) is 0 Å². The van der Waals surface area contributed by atoms with E-state index in [4.69, 9.17) is 4.74 Å². The number of hydrogen-bond acceptors (Lipinski definition) is 6. The number of imide groups is 2. The molecular weight excluding hydrogens is 662 g/mol. The summed E-state index contributed by atoms with van der Waals surface area (Å²) in [5, 5.41) is 13.4. The highest BCUT2D eigenvalue weighted by atomic mass is 79.9. The zero-order valence-electron chi connectivity index (χ0n) is 18.9. The number of barbiturate groups is 1. The maximum atomic E-state index is 13.3. The van der Waals surface area contributed by atoms with E-state index in [1.807, 2.05) is 5.32 Å². The van der Waals surface area contributed by atoms with E-state index in [0.717, 1.165) is 24.3 Å². The number of halogens is 6. The number of ether oxygens (including phenoxy) is 1. The number of nitro groups is 1. The second-order valence-corrected chi connectivity index (χ2v) is 9.50. The Labute approximate surface area is 232 Å². The van der Waals surface area contributed by atoms with Crippen molar-refractivity contribution in [3.63, 3.8) is 0 Å². The predicted molar refractivity (Wildman–Crippen MR) is 135 cm³/mol. The van der Waals surface area contributed by atoms with Crippen LogP contribution in [0.5, 0.6) is 11.5 Å². The molecule has 0 unspecified atom stereocenters. The maximum absolute atomic E-state index is 13.3. The minimum Gasteiger partial charge on any atom is -0.448 e. The molecule has 1 aliphatic heterocycles. The van der Waals surface area contributed by atoms with Crippen LogP contribution in [-0.4, -0.2) is 22.8 Å². The maximum Gasteiger partial charge on any atom is 0.416 e. The summed E-state index contributed by atoms with van der Waals surface area (Å²) in [5.41, 5.74) is -2.35. The average Bonchev–Trinajstić information content (AvgIpc) is 2.84. The van der Waals surface area contributed by atoms with Crippen LogP contribution in [0.2, 0.25) is 0 Å². The molecular formula is C24H11Br2F4N3O6. The molecule has 0 spiro atoms. The Hall–Kier alpha value is -4.11. The van der Waals surface area contributed by atoms with Crippen LogP contribution in [0.25, 0.3) is 6.08 Å². The van der Waals surface area contributed by atoms with Gasteiger partial charge in [-0.05, 0) is 92.0 Å². The lowest BCUT2D eigenvalue weighted by Crippen LogP contribution is -2.54. The smallest absolute Gasteiger partial charge is 0.416 e. The highest BCUT2D eigenvalue weighted by molar-refractivity contribution is 9.11. The number of rotatable bonds is 5. The lowest BCUT2D eigenvalue weighted by molar-refractivity contribution is -0.385. The summed E-state index contributed by atoms with van der Waals surface area (Å²) in [6.45, 7) is 0. The van der Waals surface area contributed by atoms with Gasteiger partial charge < -0.3 is 4.74 Å². The number of hydrogen-bond donors (Lipinski definition) is 1. The summed E-state index contributed by atoms with van der Waals surface area (Å²) in [6.07, 6.45) is -3.65. The molecule has 1 aliphatic rings. The molecule has 1 fully saturated rings. The molecule has 15 heteroatoms. The van der Waals surface area contributed by atoms with Gasteiger partial charge in [-0.15, -0.1) is 0 Å². The van der Waals surface area contributed by atoms with Crippen molar-refractivity contribution in [2.24, 2.45) is 0 Å². The summed E-state index contributed by atoms with van der Waals surface area (Å²) >= 11 is 6.41. The van der Waals surface area contributed by atoms with Gasteiger partial charge in [-0.2, -0.15) is 13.2 Å². The number of benzene rings is 3. The van der Waals surface area contributed by atoms with Crippen LogP contribution in [0.4, 0.5) is 33.7 Å². The Kier molecular flexibility index (Phi) is 7.57. The highest BCUT2D eigenvalue weighted by Crippen LogP contribution is 2.43. The molecule has 0 saturated carbocycles. The zero-order chi connectivity index (χ0) is 28.6. The van der Waals surface area contributed by atoms with Gasteiger partial charge in [0.15, 0.2) is 5.75 Å². The normalized spacial score (nSPS) is 15.0. The van der Waals surface area contributed by atoms with Gasteiger partial charge in [-0.25, -0.2) is 14.1 Å². The first-order valence-corrected chi connectivity index (χ1v) is 12.0. The minimum absolute atomic E-state index is 0.0153. The molecule has 0 aliphatic carbocycles. The molecule has 1 heterocycles. The first kappa shape index (κ1) is 27.9. The molecule has 4 rings (SSSR count). The van der Waals surface area contributed by atoms with Crippen LogP contribution in [-0.2, 0) is 15.8 Å². The molecule has 0 aromatic heterocycles. The number of nitrogens with one attached hydrogen (secondary N) is 1. The Balaban J connectivity index is 1.68. The Morgan fingerprint density at radius 2 is 1.59 bits per heavy atom. The molecule has 0 bridgehead atoms. The largest absolute Gasteiger partial charge is 0.448 e. The third-order valence-corrected chi connectivity index (χ3v) is 6.39. The summed E-state index contributed by atoms with van der Waals surface area (Å²) < 4.78 is 58.1. The van der Waals surface area contributed by atoms with Crippen molar-refractivity contribution in [3.8, 4) is 11.5 Å². The lowest BCUT2D eigenvalue weighted by Gasteiger charge is -2.26. The van der Waals surface area contributed by atoms with E-state index >= 15 is 0 Å². The molecule has 1 saturated heterocycles. The summed E-state index contributed by atoms with van der Waals surface area (Å²) in [5.74, 6) is -3.10. The van der Waals surface area contributed by atoms with Crippen LogP contribution in [0.1, 0.15) is 11.1 Å². The van der Waals surface area contributed by atoms with Gasteiger partial charge in [-0.1, -0.05) is 0 Å². The van der Waals surface area contributed by atoms with E-state index in [2.05, 4.69) is 31.9 Å². The number of amides is 4. The average molecular weight is 673 g/mol. The quantitative estimate of drug-likeness (QED) is 0.106. The zero-order valence-corrected chi connectivity index (χ0v) is 22.1. The van der Waals surface area contributed by atoms with Gasteiger partial charge >= 0.3 is 17.9 Å². The fourth-order valence-electron chi connectivity index (χ4n) is 3.44. The van der Waals surface area contributed by atoms with Crippen molar-refractivity contribution in [1.82, 2.24) is 5.32 Å². The fraction of sp³-hybridized carbons (Fsp3) is 0.0417. The van der Waals surface area contributed by atoms with Crippen LogP contribution < -0.4 is 15.0 Å². The van der Waals surface area contributed by atoms with Crippen molar-refractivity contribution in [2.75, 3.05) is 4.90 Å². The standard InChI is InChI=1S/C24H11Br2F4N3O6/c25-16-8-11(7-15-21(34)31-23(36)32(22(15)35)14-4-2-13(27)3-5-14)9-17(26)20(16)39-19-6-1-12(24(28,29)30)10-18(19)33(37)38/h1-10H,(H,31,34,36)/b15-7+. The van der Waals surface area contributed by atoms with Crippen LogP contribution in [0.15, 0.2) is 69.1 Å². The Morgan fingerprint density at radius 3 is 2.15 bits per heavy atom. The number of urea groups is 1. The Morgan fingerprint density at radius 1 is 0.974 bits per heavy atom. The summed E-state index contributed by atoms with van der Waals surface area (Å²) in [7, 11) is 0. The van der Waals surface area contributed by atoms with Crippen molar-refractivity contribution in [3.05, 3.63) is 96.2 Å². The van der Waals surface area contributed by atoms with E-state index in [-0.39, 0.29) is 25.9 Å². The molecule has 200 valence electrons. The van der Waals surface area contributed by atoms with Gasteiger partial charge in [0, 0.05) is 6.07 Å². The number of carbonyl (C=O) groups is 3. The molecule has 0 atom stereocenters. The first-order chi connectivity index (χ1) is 18.3. The minimum atomic E-state index is -4.81. The van der Waals surface area contributed by atoms with Gasteiger partial charge in [0.1, 0.15) is 11.4 Å². The van der Waals surface area contributed by atoms with Gasteiger partial charge in [0.25, 0.3) is 11.8 Å². The van der Waals surface area contributed by atoms with E-state index in [0.29, 0.717) is 17.0 Å². The summed E-state index contributed by atoms with van der Waals surface area (Å²) in [4.78, 5) is 48.7. The van der Waals surface area contributed by atoms with Gasteiger partial charge in [0.05, 0.1) is 25.1 Å². The van der Waals surface area contributed by atoms with Crippen molar-refractivity contribution in [1.29, 1.82) is 0 Å². The fourth-order valence-corrected chi connectivity index (χ4v) is 4.83. The van der Waals surface area contributed by atoms with Crippen molar-refractivity contribution < 1.29 is 41.6 Å². The predicted octanol–water partition coefficient (Wildman–Crippen LogP) is 6.74. The van der Waals surface area contributed by atoms with Gasteiger partial charge in [0.2, 0.25) is 5.75 Å². The molecule has 3 aromatic carbocycles. The number of anilines is 1. The SMILES string of the molecule is O=C1NC(=O)N(c2ccc(F)cc2)C(=O)/C1=C/c1cc(Br)c(Oc2ccc(C(F)(F)F)cc2[N+](=O)[O-])c(Br)c1. The van der Waals surface area contributed by atoms with E-state index in [1.165, 1.54) is 24.3 Å². The van der Waals surface area contributed by atoms with Crippen LogP contribution >= 0.6 is 31.9 Å². The summed E-state index contributed by atoms with van der Waals surface area (Å²) in [6, 6.07) is 7.90. The monoisotopic (exact) mass is 671 g/mol. The first-order valence-electron chi connectivity index (χ1n) is 10.5. The molecule has 0 radical (unpaired) electrons. The third-order valence-electron chi connectivity index (χ3n) is 5.21. The molecule has 9 nitrogen and oxygen atoms in total. The molecule has 39 heavy (non-hydrogen) atoms.